The third kappa shape index (κ3) is 3.62. The van der Waals surface area contributed by atoms with E-state index in [1.807, 2.05) is 6.07 Å². The molecule has 3 aromatic rings. The zero-order valence-electron chi connectivity index (χ0n) is 14.7. The molecule has 0 saturated carbocycles. The van der Waals surface area contributed by atoms with Gasteiger partial charge in [-0.05, 0) is 18.6 Å². The highest BCUT2D eigenvalue weighted by Crippen LogP contribution is 2.37. The number of rotatable bonds is 6. The van der Waals surface area contributed by atoms with Crippen LogP contribution in [-0.4, -0.2) is 38.9 Å². The molecule has 9 nitrogen and oxygen atoms in total. The number of ether oxygens (including phenoxy) is 1. The molecule has 0 spiro atoms. The number of nitrogen functional groups attached to an aromatic ring is 1. The number of fused-ring (bicyclic) bond motifs is 1. The van der Waals surface area contributed by atoms with Crippen LogP contribution < -0.4 is 10.3 Å². The number of imidazole rings is 1. The summed E-state index contributed by atoms with van der Waals surface area (Å²) in [5, 5.41) is 4.25. The first-order valence-corrected chi connectivity index (χ1v) is 9.54. The molecule has 3 atom stereocenters. The lowest BCUT2D eigenvalue weighted by Crippen LogP contribution is -2.25. The Morgan fingerprint density at radius 2 is 2.19 bits per heavy atom. The summed E-state index contributed by atoms with van der Waals surface area (Å²) in [7, 11) is -2.27. The number of nitrogens with zero attached hydrogens (tertiary/aromatic N) is 4. The average molecular weight is 388 g/mol. The Bertz CT molecular complexity index is 966. The van der Waals surface area contributed by atoms with E-state index in [0.29, 0.717) is 30.2 Å². The van der Waals surface area contributed by atoms with Crippen molar-refractivity contribution in [3.63, 3.8) is 0 Å². The summed E-state index contributed by atoms with van der Waals surface area (Å²) in [6.07, 6.45) is 3.60. The number of anilines is 1. The zero-order valence-corrected chi connectivity index (χ0v) is 15.6. The van der Waals surface area contributed by atoms with Gasteiger partial charge in [-0.1, -0.05) is 25.1 Å². The number of nitrogens with two attached hydrogens (primary N) is 1. The van der Waals surface area contributed by atoms with Crippen LogP contribution in [0.2, 0.25) is 0 Å². The molecule has 3 unspecified atom stereocenters. The minimum atomic E-state index is -2.27. The molecule has 0 aliphatic carbocycles. The van der Waals surface area contributed by atoms with Crippen molar-refractivity contribution < 1.29 is 18.3 Å². The van der Waals surface area contributed by atoms with Crippen LogP contribution in [0.15, 0.2) is 42.9 Å². The monoisotopic (exact) mass is 388 g/mol. The van der Waals surface area contributed by atoms with Gasteiger partial charge in [-0.15, -0.1) is 4.52 Å². The summed E-state index contributed by atoms with van der Waals surface area (Å²) >= 11 is 0. The molecule has 0 amide bonds. The summed E-state index contributed by atoms with van der Waals surface area (Å²) in [6, 6.07) is 8.90. The second-order valence-corrected chi connectivity index (χ2v) is 7.53. The minimum absolute atomic E-state index is 0.172. The molecule has 27 heavy (non-hydrogen) atoms. The van der Waals surface area contributed by atoms with Crippen LogP contribution in [0.5, 0.6) is 5.75 Å². The summed E-state index contributed by atoms with van der Waals surface area (Å²) in [6.45, 7) is 2.70. The molecule has 1 aliphatic heterocycles. The first-order valence-electron chi connectivity index (χ1n) is 8.45. The molecule has 3 heterocycles. The third-order valence-corrected chi connectivity index (χ3v) is 5.27. The van der Waals surface area contributed by atoms with Gasteiger partial charge >= 0.3 is 8.25 Å². The Balaban J connectivity index is 1.39. The number of aromatic nitrogens is 4. The summed E-state index contributed by atoms with van der Waals surface area (Å²) in [5.74, 6) is 0.826. The van der Waals surface area contributed by atoms with E-state index in [0.717, 1.165) is 5.69 Å². The second kappa shape index (κ2) is 7.19. The van der Waals surface area contributed by atoms with Crippen molar-refractivity contribution in [1.82, 2.24) is 19.6 Å². The Morgan fingerprint density at radius 3 is 3.00 bits per heavy atom. The molecule has 1 aromatic carbocycles. The molecule has 4 rings (SSSR count). The van der Waals surface area contributed by atoms with Crippen LogP contribution in [0.25, 0.3) is 5.65 Å². The smallest absolute Gasteiger partial charge is 0.381 e. The Hall–Kier alpha value is -2.61. The first kappa shape index (κ1) is 17.8. The van der Waals surface area contributed by atoms with E-state index in [1.165, 1.54) is 6.33 Å². The summed E-state index contributed by atoms with van der Waals surface area (Å²) in [5.41, 5.74) is 6.94. The van der Waals surface area contributed by atoms with Crippen LogP contribution in [0.3, 0.4) is 0 Å². The van der Waals surface area contributed by atoms with E-state index in [2.05, 4.69) is 22.0 Å². The van der Waals surface area contributed by atoms with E-state index in [1.54, 1.807) is 35.0 Å². The fraction of sp³-hybridized carbons (Fsp3) is 0.353. The minimum Gasteiger partial charge on any atom is -0.381 e. The number of hydrogen-bond donors (Lipinski definition) is 1. The van der Waals surface area contributed by atoms with Gasteiger partial charge in [0.25, 0.3) is 0 Å². The standard InChI is InChI=1S/C17H19N5O4P/c1-17(14-8-19-16-15(18)20-11-21-22(14)16)7-13(24-10-17)9-25-27(23)26-12-5-3-2-4-6-12/h2-6,8,11,13H,7,9-10H2,1H3,(H2,18,20,21)/q+1. The van der Waals surface area contributed by atoms with E-state index < -0.39 is 8.25 Å². The van der Waals surface area contributed by atoms with Crippen LogP contribution in [0.4, 0.5) is 5.82 Å². The first-order chi connectivity index (χ1) is 13.0. The highest BCUT2D eigenvalue weighted by Gasteiger charge is 2.42. The van der Waals surface area contributed by atoms with Crippen molar-refractivity contribution in [2.24, 2.45) is 0 Å². The lowest BCUT2D eigenvalue weighted by atomic mass is 9.85. The van der Waals surface area contributed by atoms with Crippen molar-refractivity contribution in [1.29, 1.82) is 0 Å². The molecular weight excluding hydrogens is 369 g/mol. The van der Waals surface area contributed by atoms with Gasteiger partial charge in [-0.25, -0.2) is 19.0 Å². The van der Waals surface area contributed by atoms with Crippen molar-refractivity contribution in [3.05, 3.63) is 48.5 Å². The zero-order chi connectivity index (χ0) is 18.9. The lowest BCUT2D eigenvalue weighted by molar-refractivity contribution is 0.0641. The van der Waals surface area contributed by atoms with Gasteiger partial charge in [-0.3, -0.25) is 0 Å². The van der Waals surface area contributed by atoms with Crippen LogP contribution >= 0.6 is 8.25 Å². The van der Waals surface area contributed by atoms with E-state index in [4.69, 9.17) is 19.5 Å². The predicted octanol–water partition coefficient (Wildman–Crippen LogP) is 2.51. The van der Waals surface area contributed by atoms with Crippen LogP contribution in [-0.2, 0) is 19.2 Å². The average Bonchev–Trinajstić information content (AvgIpc) is 3.26. The molecule has 1 saturated heterocycles. The highest BCUT2D eigenvalue weighted by atomic mass is 31.1. The maximum absolute atomic E-state index is 12.0. The van der Waals surface area contributed by atoms with Gasteiger partial charge in [0.2, 0.25) is 0 Å². The van der Waals surface area contributed by atoms with Crippen molar-refractivity contribution in [3.8, 4) is 5.75 Å². The van der Waals surface area contributed by atoms with Crippen molar-refractivity contribution >= 4 is 19.7 Å². The molecule has 0 bridgehead atoms. The lowest BCUT2D eigenvalue weighted by Gasteiger charge is -2.20. The van der Waals surface area contributed by atoms with Crippen molar-refractivity contribution in [2.45, 2.75) is 24.9 Å². The fourth-order valence-corrected chi connectivity index (χ4v) is 3.83. The maximum atomic E-state index is 12.0. The maximum Gasteiger partial charge on any atom is 0.750 e. The predicted molar refractivity (Wildman–Crippen MR) is 97.5 cm³/mol. The van der Waals surface area contributed by atoms with E-state index >= 15 is 0 Å². The molecule has 0 radical (unpaired) electrons. The molecule has 2 N–H and O–H groups in total. The number of para-hydroxylation sites is 1. The van der Waals surface area contributed by atoms with E-state index in [-0.39, 0.29) is 18.1 Å². The highest BCUT2D eigenvalue weighted by molar-refractivity contribution is 7.33. The second-order valence-electron chi connectivity index (χ2n) is 6.65. The number of hydrogen-bond acceptors (Lipinski definition) is 8. The van der Waals surface area contributed by atoms with Gasteiger partial charge in [0.15, 0.2) is 17.2 Å². The van der Waals surface area contributed by atoms with Gasteiger partial charge in [-0.2, -0.15) is 5.10 Å². The molecule has 10 heteroatoms. The van der Waals surface area contributed by atoms with Gasteiger partial charge < -0.3 is 10.5 Å². The van der Waals surface area contributed by atoms with Crippen molar-refractivity contribution in [2.75, 3.05) is 18.9 Å². The normalized spacial score (nSPS) is 22.9. The quantitative estimate of drug-likeness (QED) is 0.641. The van der Waals surface area contributed by atoms with Gasteiger partial charge in [0, 0.05) is 9.98 Å². The Morgan fingerprint density at radius 1 is 1.37 bits per heavy atom. The summed E-state index contributed by atoms with van der Waals surface area (Å²) < 4.78 is 30.1. The van der Waals surface area contributed by atoms with Crippen LogP contribution in [0, 0.1) is 0 Å². The SMILES string of the molecule is CC1(c2cnc3c(N)ncnn23)COC(CO[P+](=O)Oc2ccccc2)C1. The fourth-order valence-electron chi connectivity index (χ4n) is 3.19. The van der Waals surface area contributed by atoms with E-state index in [9.17, 15) is 4.57 Å². The number of benzene rings is 1. The molecule has 1 aliphatic rings. The molecular formula is C17H19N5O4P+. The van der Waals surface area contributed by atoms with Gasteiger partial charge in [0.1, 0.15) is 12.9 Å². The molecule has 2 aromatic heterocycles. The third-order valence-electron chi connectivity index (χ3n) is 4.55. The largest absolute Gasteiger partial charge is 0.750 e. The molecule has 140 valence electrons. The Kier molecular flexibility index (Phi) is 4.73. The topological polar surface area (TPSA) is 114 Å². The summed E-state index contributed by atoms with van der Waals surface area (Å²) in [4.78, 5) is 8.27. The Labute approximate surface area is 156 Å². The molecule has 1 fully saturated rings. The van der Waals surface area contributed by atoms with Gasteiger partial charge in [0.05, 0.1) is 24.6 Å². The van der Waals surface area contributed by atoms with Crippen LogP contribution in [0.1, 0.15) is 19.0 Å².